The van der Waals surface area contributed by atoms with E-state index in [0.717, 1.165) is 26.8 Å². The van der Waals surface area contributed by atoms with Gasteiger partial charge in [-0.15, -0.1) is 0 Å². The molecule has 0 unspecified atom stereocenters. The number of nitrogens with zero attached hydrogens (tertiary/aromatic N) is 4. The average molecular weight is 319 g/mol. The first-order valence-electron chi connectivity index (χ1n) is 5.72. The zero-order valence-corrected chi connectivity index (χ0v) is 12.0. The Morgan fingerprint density at radius 2 is 2.11 bits per heavy atom. The molecule has 3 aromatic rings. The minimum Gasteiger partial charge on any atom is -0.438 e. The van der Waals surface area contributed by atoms with Crippen molar-refractivity contribution in [2.75, 3.05) is 0 Å². The molecule has 0 radical (unpaired) electrons. The van der Waals surface area contributed by atoms with Crippen molar-refractivity contribution in [3.05, 3.63) is 40.8 Å². The Labute approximate surface area is 118 Å². The number of halogens is 1. The zero-order valence-electron chi connectivity index (χ0n) is 10.5. The highest BCUT2D eigenvalue weighted by molar-refractivity contribution is 9.10. The number of ether oxygens (including phenoxy) is 1. The minimum absolute atomic E-state index is 0.517. The van der Waals surface area contributed by atoms with Crippen LogP contribution in [0.5, 0.6) is 11.6 Å². The summed E-state index contributed by atoms with van der Waals surface area (Å²) in [4.78, 5) is 8.36. The van der Waals surface area contributed by atoms with E-state index >= 15 is 0 Å². The maximum atomic E-state index is 5.87. The summed E-state index contributed by atoms with van der Waals surface area (Å²) in [6, 6.07) is 5.84. The summed E-state index contributed by atoms with van der Waals surface area (Å²) in [6.07, 6.45) is 3.19. The molecule has 0 atom stereocenters. The summed E-state index contributed by atoms with van der Waals surface area (Å²) in [5.74, 6) is 1.29. The Morgan fingerprint density at radius 1 is 1.26 bits per heavy atom. The molecule has 0 N–H and O–H groups in total. The van der Waals surface area contributed by atoms with Gasteiger partial charge in [0.25, 0.3) is 0 Å². The summed E-state index contributed by atoms with van der Waals surface area (Å²) < 4.78 is 8.58. The van der Waals surface area contributed by atoms with E-state index in [1.807, 2.05) is 32.2 Å². The molecule has 96 valence electrons. The van der Waals surface area contributed by atoms with Gasteiger partial charge in [0.2, 0.25) is 5.88 Å². The van der Waals surface area contributed by atoms with Gasteiger partial charge in [0.15, 0.2) is 5.65 Å². The average Bonchev–Trinajstić information content (AvgIpc) is 2.76. The molecule has 0 saturated heterocycles. The molecule has 3 rings (SSSR count). The van der Waals surface area contributed by atoms with Crippen molar-refractivity contribution in [2.45, 2.75) is 6.92 Å². The van der Waals surface area contributed by atoms with Crippen molar-refractivity contribution in [2.24, 2.45) is 7.05 Å². The second-order valence-corrected chi connectivity index (χ2v) is 5.11. The minimum atomic E-state index is 0.517. The number of fused-ring (bicyclic) bond motifs is 1. The molecular formula is C13H11BrN4O. The Balaban J connectivity index is 2.06. The molecule has 19 heavy (non-hydrogen) atoms. The normalized spacial score (nSPS) is 10.9. The second-order valence-electron chi connectivity index (χ2n) is 4.20. The number of rotatable bonds is 2. The first-order chi connectivity index (χ1) is 9.15. The number of hydrogen-bond donors (Lipinski definition) is 0. The van der Waals surface area contributed by atoms with E-state index in [4.69, 9.17) is 4.74 Å². The van der Waals surface area contributed by atoms with Crippen molar-refractivity contribution >= 4 is 27.0 Å². The summed E-state index contributed by atoms with van der Waals surface area (Å²) in [6.45, 7) is 1.99. The molecule has 1 aromatic carbocycles. The molecule has 6 heteroatoms. The maximum absolute atomic E-state index is 5.87. The number of aryl methyl sites for hydroxylation is 2. The van der Waals surface area contributed by atoms with Crippen molar-refractivity contribution in [1.82, 2.24) is 19.7 Å². The fourth-order valence-electron chi connectivity index (χ4n) is 1.85. The molecular weight excluding hydrogens is 308 g/mol. The predicted molar refractivity (Wildman–Crippen MR) is 75.3 cm³/mol. The van der Waals surface area contributed by atoms with E-state index in [1.54, 1.807) is 10.9 Å². The number of aromatic nitrogens is 4. The Hall–Kier alpha value is -1.95. The molecule has 2 aromatic heterocycles. The van der Waals surface area contributed by atoms with Crippen LogP contribution in [-0.2, 0) is 7.05 Å². The van der Waals surface area contributed by atoms with Crippen LogP contribution < -0.4 is 4.74 Å². The van der Waals surface area contributed by atoms with Gasteiger partial charge in [-0.1, -0.05) is 15.9 Å². The molecule has 5 nitrogen and oxygen atoms in total. The lowest BCUT2D eigenvalue weighted by Gasteiger charge is -2.08. The summed E-state index contributed by atoms with van der Waals surface area (Å²) >= 11 is 3.43. The van der Waals surface area contributed by atoms with Gasteiger partial charge in [0.05, 0.1) is 6.20 Å². The van der Waals surface area contributed by atoms with Crippen LogP contribution in [0.1, 0.15) is 5.56 Å². The van der Waals surface area contributed by atoms with Crippen LogP contribution in [0.4, 0.5) is 0 Å². The summed E-state index contributed by atoms with van der Waals surface area (Å²) in [7, 11) is 1.84. The lowest BCUT2D eigenvalue weighted by Crippen LogP contribution is -1.95. The smallest absolute Gasteiger partial charge is 0.233 e. The molecule has 0 spiro atoms. The quantitative estimate of drug-likeness (QED) is 0.728. The van der Waals surface area contributed by atoms with Crippen LogP contribution in [0.25, 0.3) is 11.0 Å². The maximum Gasteiger partial charge on any atom is 0.233 e. The molecule has 0 aliphatic heterocycles. The monoisotopic (exact) mass is 318 g/mol. The molecule has 0 saturated carbocycles. The van der Waals surface area contributed by atoms with Crippen molar-refractivity contribution < 1.29 is 4.74 Å². The molecule has 0 aliphatic carbocycles. The predicted octanol–water partition coefficient (Wildman–Crippen LogP) is 3.23. The van der Waals surface area contributed by atoms with Gasteiger partial charge in [-0.3, -0.25) is 4.68 Å². The van der Waals surface area contributed by atoms with E-state index in [1.165, 1.54) is 6.33 Å². The SMILES string of the molecule is Cc1cc(Br)ccc1Oc1ncnc2c1cnn2C. The molecule has 0 aliphatic rings. The van der Waals surface area contributed by atoms with E-state index in [-0.39, 0.29) is 0 Å². The van der Waals surface area contributed by atoms with Crippen LogP contribution in [0.15, 0.2) is 35.2 Å². The fraction of sp³-hybridized carbons (Fsp3) is 0.154. The highest BCUT2D eigenvalue weighted by Gasteiger charge is 2.10. The lowest BCUT2D eigenvalue weighted by molar-refractivity contribution is 0.464. The molecule has 0 amide bonds. The highest BCUT2D eigenvalue weighted by Crippen LogP contribution is 2.29. The molecule has 0 bridgehead atoms. The third-order valence-electron chi connectivity index (χ3n) is 2.84. The third kappa shape index (κ3) is 2.19. The van der Waals surface area contributed by atoms with Gasteiger partial charge in [-0.05, 0) is 30.7 Å². The second kappa shape index (κ2) is 4.62. The van der Waals surface area contributed by atoms with E-state index in [9.17, 15) is 0 Å². The summed E-state index contributed by atoms with van der Waals surface area (Å²) in [5, 5.41) is 4.96. The number of benzene rings is 1. The summed E-state index contributed by atoms with van der Waals surface area (Å²) in [5.41, 5.74) is 1.78. The lowest BCUT2D eigenvalue weighted by atomic mass is 10.2. The van der Waals surface area contributed by atoms with Gasteiger partial charge >= 0.3 is 0 Å². The topological polar surface area (TPSA) is 52.8 Å². The van der Waals surface area contributed by atoms with Crippen LogP contribution in [-0.4, -0.2) is 19.7 Å². The van der Waals surface area contributed by atoms with Crippen molar-refractivity contribution in [3.63, 3.8) is 0 Å². The third-order valence-corrected chi connectivity index (χ3v) is 3.33. The Bertz CT molecular complexity index is 753. The van der Waals surface area contributed by atoms with Gasteiger partial charge in [0.1, 0.15) is 17.5 Å². The Kier molecular flexibility index (Phi) is 2.94. The standard InChI is InChI=1S/C13H11BrN4O/c1-8-5-9(14)3-4-11(8)19-13-10-6-17-18(2)12(10)15-7-16-13/h3-7H,1-2H3. The largest absolute Gasteiger partial charge is 0.438 e. The first-order valence-corrected chi connectivity index (χ1v) is 6.51. The van der Waals surface area contributed by atoms with E-state index in [0.29, 0.717) is 5.88 Å². The van der Waals surface area contributed by atoms with Crippen LogP contribution in [0.2, 0.25) is 0 Å². The van der Waals surface area contributed by atoms with Crippen molar-refractivity contribution in [3.8, 4) is 11.6 Å². The first kappa shape index (κ1) is 12.1. The van der Waals surface area contributed by atoms with Gasteiger partial charge < -0.3 is 4.74 Å². The zero-order chi connectivity index (χ0) is 13.4. The fourth-order valence-corrected chi connectivity index (χ4v) is 2.33. The van der Waals surface area contributed by atoms with Crippen LogP contribution in [0, 0.1) is 6.92 Å². The van der Waals surface area contributed by atoms with Crippen LogP contribution >= 0.6 is 15.9 Å². The van der Waals surface area contributed by atoms with E-state index in [2.05, 4.69) is 31.0 Å². The van der Waals surface area contributed by atoms with Gasteiger partial charge in [0, 0.05) is 11.5 Å². The Morgan fingerprint density at radius 3 is 2.89 bits per heavy atom. The highest BCUT2D eigenvalue weighted by atomic mass is 79.9. The van der Waals surface area contributed by atoms with Crippen LogP contribution in [0.3, 0.4) is 0 Å². The molecule has 2 heterocycles. The van der Waals surface area contributed by atoms with Gasteiger partial charge in [-0.2, -0.15) is 5.10 Å². The molecule has 0 fully saturated rings. The van der Waals surface area contributed by atoms with Gasteiger partial charge in [-0.25, -0.2) is 9.97 Å². The van der Waals surface area contributed by atoms with E-state index < -0.39 is 0 Å². The number of hydrogen-bond acceptors (Lipinski definition) is 4. The van der Waals surface area contributed by atoms with Crippen molar-refractivity contribution in [1.29, 1.82) is 0 Å².